The van der Waals surface area contributed by atoms with Gasteiger partial charge in [0, 0.05) is 30.1 Å². The van der Waals surface area contributed by atoms with Crippen molar-refractivity contribution in [2.24, 2.45) is 0 Å². The molecule has 2 aromatic carbocycles. The molecule has 2 heterocycles. The summed E-state index contributed by atoms with van der Waals surface area (Å²) in [6, 6.07) is 13.2. The van der Waals surface area contributed by atoms with Crippen molar-refractivity contribution in [3.05, 3.63) is 53.4 Å². The van der Waals surface area contributed by atoms with Crippen molar-refractivity contribution < 1.29 is 17.9 Å². The lowest BCUT2D eigenvalue weighted by Crippen LogP contribution is -2.39. The van der Waals surface area contributed by atoms with Crippen LogP contribution in [0.1, 0.15) is 18.4 Å². The third-order valence-electron chi connectivity index (χ3n) is 5.67. The highest BCUT2D eigenvalue weighted by Gasteiger charge is 2.34. The van der Waals surface area contributed by atoms with Gasteiger partial charge in [0.15, 0.2) is 15.0 Å². The molecule has 0 unspecified atom stereocenters. The number of anilines is 1. The number of nitrogens with zero attached hydrogens (tertiary/aromatic N) is 2. The molecule has 164 valence electrons. The van der Waals surface area contributed by atoms with E-state index < -0.39 is 15.1 Å². The second kappa shape index (κ2) is 8.88. The molecule has 0 spiro atoms. The second-order valence-electron chi connectivity index (χ2n) is 7.63. The summed E-state index contributed by atoms with van der Waals surface area (Å²) in [6.07, 6.45) is 1.11. The fraction of sp³-hybridized carbons (Fsp3) is 0.348. The van der Waals surface area contributed by atoms with Gasteiger partial charge in [0.1, 0.15) is 16.4 Å². The van der Waals surface area contributed by atoms with Crippen LogP contribution in [0.15, 0.2) is 52.7 Å². The van der Waals surface area contributed by atoms with E-state index in [1.807, 2.05) is 0 Å². The van der Waals surface area contributed by atoms with Crippen LogP contribution >= 0.6 is 11.3 Å². The molecule has 6 nitrogen and oxygen atoms in total. The number of ether oxygens (including phenoxy) is 2. The van der Waals surface area contributed by atoms with Crippen molar-refractivity contribution in [1.82, 2.24) is 4.98 Å². The minimum absolute atomic E-state index is 0.227. The third-order valence-corrected chi connectivity index (χ3v) is 8.87. The number of benzene rings is 2. The van der Waals surface area contributed by atoms with Gasteiger partial charge < -0.3 is 14.4 Å². The van der Waals surface area contributed by atoms with Crippen LogP contribution in [0.3, 0.4) is 0 Å². The van der Waals surface area contributed by atoms with E-state index in [2.05, 4.69) is 41.5 Å². The topological polar surface area (TPSA) is 68.7 Å². The molecule has 0 N–H and O–H groups in total. The number of sulfone groups is 1. The fourth-order valence-corrected chi connectivity index (χ4v) is 6.57. The van der Waals surface area contributed by atoms with E-state index in [0.29, 0.717) is 37.4 Å². The molecular formula is C23H26N2O4S2. The molecular weight excluding hydrogens is 432 g/mol. The van der Waals surface area contributed by atoms with Crippen molar-refractivity contribution in [1.29, 1.82) is 0 Å². The molecule has 1 aliphatic rings. The molecule has 1 aromatic heterocycles. The predicted molar refractivity (Wildman–Crippen MR) is 124 cm³/mol. The maximum atomic E-state index is 13.3. The van der Waals surface area contributed by atoms with Crippen molar-refractivity contribution in [2.75, 3.05) is 32.2 Å². The number of aromatic nitrogens is 1. The van der Waals surface area contributed by atoms with Crippen LogP contribution < -0.4 is 14.4 Å². The maximum absolute atomic E-state index is 13.3. The Morgan fingerprint density at radius 3 is 2.39 bits per heavy atom. The molecule has 0 bridgehead atoms. The highest BCUT2D eigenvalue weighted by molar-refractivity contribution is 7.92. The van der Waals surface area contributed by atoms with Crippen LogP contribution in [0.5, 0.6) is 11.5 Å². The van der Waals surface area contributed by atoms with E-state index >= 15 is 0 Å². The van der Waals surface area contributed by atoms with Gasteiger partial charge in [0.25, 0.3) is 0 Å². The summed E-state index contributed by atoms with van der Waals surface area (Å²) < 4.78 is 37.1. The molecule has 8 heteroatoms. The number of hydrogen-bond acceptors (Lipinski definition) is 7. The number of rotatable bonds is 6. The minimum Gasteiger partial charge on any atom is -0.497 e. The molecule has 0 saturated carbocycles. The Hall–Kier alpha value is -2.58. The highest BCUT2D eigenvalue weighted by atomic mass is 32.2. The lowest BCUT2D eigenvalue weighted by Gasteiger charge is -2.31. The average Bonchev–Trinajstić information content (AvgIpc) is 3.29. The van der Waals surface area contributed by atoms with Crippen molar-refractivity contribution in [3.8, 4) is 22.8 Å². The zero-order valence-corrected chi connectivity index (χ0v) is 19.5. The average molecular weight is 459 g/mol. The highest BCUT2D eigenvalue weighted by Crippen LogP contribution is 2.35. The SMILES string of the molecule is COc1ccc(S(=O)(=O)C2CCN(c3nc(-c4ccc(C)cc4)cs3)CC2)c(OC)c1. The predicted octanol–water partition coefficient (Wildman–Crippen LogP) is 4.58. The Morgan fingerprint density at radius 2 is 1.74 bits per heavy atom. The third kappa shape index (κ3) is 4.41. The van der Waals surface area contributed by atoms with Crippen LogP contribution in [0.25, 0.3) is 11.3 Å². The molecule has 0 radical (unpaired) electrons. The van der Waals surface area contributed by atoms with E-state index in [1.54, 1.807) is 36.6 Å². The number of aryl methyl sites for hydroxylation is 1. The second-order valence-corrected chi connectivity index (χ2v) is 10.7. The summed E-state index contributed by atoms with van der Waals surface area (Å²) in [7, 11) is -0.482. The molecule has 31 heavy (non-hydrogen) atoms. The largest absolute Gasteiger partial charge is 0.497 e. The van der Waals surface area contributed by atoms with Crippen LogP contribution in [0.4, 0.5) is 5.13 Å². The molecule has 1 fully saturated rings. The number of thiazole rings is 1. The van der Waals surface area contributed by atoms with E-state index in [0.717, 1.165) is 16.4 Å². The van der Waals surface area contributed by atoms with E-state index in [4.69, 9.17) is 14.5 Å². The summed E-state index contributed by atoms with van der Waals surface area (Å²) in [4.78, 5) is 7.19. The minimum atomic E-state index is -3.50. The first-order valence-electron chi connectivity index (χ1n) is 10.2. The van der Waals surface area contributed by atoms with E-state index in [-0.39, 0.29) is 4.90 Å². The van der Waals surface area contributed by atoms with Crippen molar-refractivity contribution >= 4 is 26.3 Å². The molecule has 0 amide bonds. The Balaban J connectivity index is 1.47. The lowest BCUT2D eigenvalue weighted by atomic mass is 10.1. The smallest absolute Gasteiger partial charge is 0.185 e. The Bertz CT molecular complexity index is 1150. The van der Waals surface area contributed by atoms with Gasteiger partial charge in [-0.2, -0.15) is 0 Å². The van der Waals surface area contributed by atoms with Gasteiger partial charge in [-0.15, -0.1) is 11.3 Å². The normalized spacial score (nSPS) is 15.1. The fourth-order valence-electron chi connectivity index (χ4n) is 3.81. The van der Waals surface area contributed by atoms with Gasteiger partial charge in [-0.25, -0.2) is 13.4 Å². The van der Waals surface area contributed by atoms with Crippen molar-refractivity contribution in [2.45, 2.75) is 29.9 Å². The molecule has 3 aromatic rings. The first-order valence-corrected chi connectivity index (χ1v) is 12.6. The summed E-state index contributed by atoms with van der Waals surface area (Å²) in [5, 5.41) is 2.56. The Morgan fingerprint density at radius 1 is 1.03 bits per heavy atom. The monoisotopic (exact) mass is 458 g/mol. The quantitative estimate of drug-likeness (QED) is 0.539. The van der Waals surface area contributed by atoms with Crippen molar-refractivity contribution in [3.63, 3.8) is 0 Å². The van der Waals surface area contributed by atoms with Crippen LogP contribution in [-0.2, 0) is 9.84 Å². The summed E-state index contributed by atoms with van der Waals surface area (Å²) in [6.45, 7) is 3.38. The Kier molecular flexibility index (Phi) is 6.20. The number of methoxy groups -OCH3 is 2. The summed E-state index contributed by atoms with van der Waals surface area (Å²) in [5.41, 5.74) is 3.27. The molecule has 1 aliphatic heterocycles. The van der Waals surface area contributed by atoms with E-state index in [9.17, 15) is 8.42 Å². The molecule has 0 aliphatic carbocycles. The van der Waals surface area contributed by atoms with Gasteiger partial charge >= 0.3 is 0 Å². The van der Waals surface area contributed by atoms with Crippen LogP contribution in [0.2, 0.25) is 0 Å². The van der Waals surface area contributed by atoms with Crippen LogP contribution in [0, 0.1) is 6.92 Å². The summed E-state index contributed by atoms with van der Waals surface area (Å²) in [5.74, 6) is 0.892. The number of piperidine rings is 1. The molecule has 4 rings (SSSR count). The standard InChI is InChI=1S/C23H26N2O4S2/c1-16-4-6-17(7-5-16)20-15-30-23(24-20)25-12-10-19(11-13-25)31(26,27)22-9-8-18(28-2)14-21(22)29-3/h4-9,14-15,19H,10-13H2,1-3H3. The van der Waals surface area contributed by atoms with Crippen LogP contribution in [-0.4, -0.2) is 46.0 Å². The van der Waals surface area contributed by atoms with Gasteiger partial charge in [-0.05, 0) is 31.9 Å². The first-order chi connectivity index (χ1) is 14.9. The number of hydrogen-bond donors (Lipinski definition) is 0. The van der Waals surface area contributed by atoms with Gasteiger partial charge in [-0.3, -0.25) is 0 Å². The molecule has 0 atom stereocenters. The zero-order valence-electron chi connectivity index (χ0n) is 17.9. The maximum Gasteiger partial charge on any atom is 0.185 e. The molecule has 1 saturated heterocycles. The van der Waals surface area contributed by atoms with Gasteiger partial charge in [-0.1, -0.05) is 29.8 Å². The zero-order chi connectivity index (χ0) is 22.0. The lowest BCUT2D eigenvalue weighted by molar-refractivity contribution is 0.385. The first kappa shape index (κ1) is 21.6. The Labute approximate surface area is 187 Å². The van der Waals surface area contributed by atoms with Gasteiger partial charge in [0.2, 0.25) is 0 Å². The van der Waals surface area contributed by atoms with Gasteiger partial charge in [0.05, 0.1) is 25.2 Å². The summed E-state index contributed by atoms with van der Waals surface area (Å²) >= 11 is 1.60. The van der Waals surface area contributed by atoms with E-state index in [1.165, 1.54) is 12.7 Å².